The van der Waals surface area contributed by atoms with E-state index < -0.39 is 33.3 Å². The van der Waals surface area contributed by atoms with Gasteiger partial charge in [0.1, 0.15) is 0 Å². The first-order valence-electron chi connectivity index (χ1n) is 10.0. The molecule has 176 valence electrons. The highest BCUT2D eigenvalue weighted by atomic mass is 35.5. The van der Waals surface area contributed by atoms with E-state index in [0.29, 0.717) is 19.3 Å². The number of hydrogen-bond donors (Lipinski definition) is 3. The first kappa shape index (κ1) is 22.4. The van der Waals surface area contributed by atoms with Crippen LogP contribution in [0.4, 0.5) is 19.0 Å². The van der Waals surface area contributed by atoms with Crippen LogP contribution in [0.5, 0.6) is 0 Å². The maximum Gasteiger partial charge on any atom is 0.434 e. The fourth-order valence-electron chi connectivity index (χ4n) is 5.12. The molecule has 1 aromatic carbocycles. The van der Waals surface area contributed by atoms with Crippen molar-refractivity contribution in [1.29, 1.82) is 0 Å². The summed E-state index contributed by atoms with van der Waals surface area (Å²) in [5, 5.41) is 9.68. The zero-order valence-corrected chi connectivity index (χ0v) is 18.6. The number of hydrogen-bond acceptors (Lipinski definition) is 6. The van der Waals surface area contributed by atoms with Gasteiger partial charge in [-0.3, -0.25) is 4.40 Å². The van der Waals surface area contributed by atoms with E-state index in [1.807, 2.05) is 0 Å². The number of nitrogens with one attached hydrogen (secondary N) is 1. The number of sulfonamides is 1. The molecule has 3 aliphatic rings. The fourth-order valence-corrected chi connectivity index (χ4v) is 6.78. The lowest BCUT2D eigenvalue weighted by Crippen LogP contribution is -2.56. The van der Waals surface area contributed by atoms with Crippen LogP contribution < -0.4 is 10.5 Å². The largest absolute Gasteiger partial charge is 0.434 e. The number of nitrogens with two attached hydrogens (primary N) is 1. The van der Waals surface area contributed by atoms with Crippen molar-refractivity contribution < 1.29 is 26.7 Å². The summed E-state index contributed by atoms with van der Waals surface area (Å²) < 4.78 is 69.8. The minimum Gasteiger partial charge on any atom is -0.396 e. The maximum absolute atomic E-state index is 13.2. The van der Waals surface area contributed by atoms with Crippen LogP contribution in [0.25, 0.3) is 16.9 Å². The van der Waals surface area contributed by atoms with Crippen LogP contribution >= 0.6 is 11.6 Å². The number of nitrogens with zero attached hydrogens (tertiary/aromatic N) is 3. The van der Waals surface area contributed by atoms with Gasteiger partial charge < -0.3 is 10.8 Å². The van der Waals surface area contributed by atoms with Gasteiger partial charge in [0.25, 0.3) is 0 Å². The van der Waals surface area contributed by atoms with Crippen molar-refractivity contribution >= 4 is 33.1 Å². The summed E-state index contributed by atoms with van der Waals surface area (Å²) in [4.78, 5) is 7.30. The third-order valence-electron chi connectivity index (χ3n) is 6.58. The Labute approximate surface area is 191 Å². The van der Waals surface area contributed by atoms with Gasteiger partial charge in [-0.15, -0.1) is 0 Å². The van der Waals surface area contributed by atoms with E-state index in [2.05, 4.69) is 14.7 Å². The number of halogens is 4. The smallest absolute Gasteiger partial charge is 0.396 e. The fraction of sp³-hybridized carbons (Fsp3) is 0.400. The van der Waals surface area contributed by atoms with Crippen LogP contribution in [0.15, 0.2) is 35.5 Å². The third kappa shape index (κ3) is 3.56. The van der Waals surface area contributed by atoms with Crippen molar-refractivity contribution in [1.82, 2.24) is 19.1 Å². The van der Waals surface area contributed by atoms with Crippen molar-refractivity contribution in [3.63, 3.8) is 0 Å². The average Bonchev–Trinajstić information content (AvgIpc) is 3.38. The Morgan fingerprint density at radius 2 is 2.00 bits per heavy atom. The van der Waals surface area contributed by atoms with Crippen LogP contribution in [0, 0.1) is 5.41 Å². The van der Waals surface area contributed by atoms with Gasteiger partial charge in [0.2, 0.25) is 10.0 Å². The predicted octanol–water partition coefficient (Wildman–Crippen LogP) is 3.23. The van der Waals surface area contributed by atoms with E-state index in [1.165, 1.54) is 24.4 Å². The van der Waals surface area contributed by atoms with E-state index >= 15 is 0 Å². The van der Waals surface area contributed by atoms with E-state index in [9.17, 15) is 26.7 Å². The summed E-state index contributed by atoms with van der Waals surface area (Å²) in [6.45, 7) is 0.0216. The van der Waals surface area contributed by atoms with Crippen LogP contribution in [-0.2, 0) is 16.2 Å². The van der Waals surface area contributed by atoms with Crippen LogP contribution in [-0.4, -0.2) is 40.0 Å². The van der Waals surface area contributed by atoms with Gasteiger partial charge in [-0.05, 0) is 49.3 Å². The third-order valence-corrected chi connectivity index (χ3v) is 8.49. The second-order valence-corrected chi connectivity index (χ2v) is 11.0. The quantitative estimate of drug-likeness (QED) is 0.493. The van der Waals surface area contributed by atoms with Crippen molar-refractivity contribution in [3.05, 3.63) is 41.3 Å². The van der Waals surface area contributed by atoms with Crippen molar-refractivity contribution in [2.45, 2.75) is 42.3 Å². The lowest BCUT2D eigenvalue weighted by molar-refractivity contribution is -0.141. The second-order valence-electron chi connectivity index (χ2n) is 8.89. The molecule has 13 heteroatoms. The molecule has 2 bridgehead atoms. The number of fused-ring (bicyclic) bond motifs is 2. The number of imidazole rings is 1. The summed E-state index contributed by atoms with van der Waals surface area (Å²) in [5.74, 6) is -0.421. The lowest BCUT2D eigenvalue weighted by atomic mass is 9.66. The summed E-state index contributed by atoms with van der Waals surface area (Å²) >= 11 is 6.30. The van der Waals surface area contributed by atoms with E-state index in [1.54, 1.807) is 0 Å². The molecule has 0 unspecified atom stereocenters. The van der Waals surface area contributed by atoms with E-state index in [0.717, 1.165) is 17.0 Å². The highest BCUT2D eigenvalue weighted by molar-refractivity contribution is 7.89. The van der Waals surface area contributed by atoms with Gasteiger partial charge in [-0.1, -0.05) is 11.6 Å². The Balaban J connectivity index is 1.55. The SMILES string of the molecule is Nc1nc(C(F)(F)F)cn2c(-c3cc(S(=O)(=O)NC45CCC(CO)(C4)C5)ccc3Cl)cnc12. The molecule has 0 spiro atoms. The number of aromatic nitrogens is 3. The number of aliphatic hydroxyl groups is 1. The van der Waals surface area contributed by atoms with Crippen molar-refractivity contribution in [2.24, 2.45) is 5.41 Å². The molecule has 0 amide bonds. The molecular weight excluding hydrogens is 483 g/mol. The molecule has 3 aliphatic carbocycles. The number of nitrogen functional groups attached to an aromatic ring is 1. The van der Waals surface area contributed by atoms with Gasteiger partial charge in [-0.25, -0.2) is 23.1 Å². The second kappa shape index (κ2) is 7.05. The molecule has 3 aromatic rings. The first-order valence-corrected chi connectivity index (χ1v) is 11.9. The molecular formula is C20H19ClF3N5O3S. The van der Waals surface area contributed by atoms with E-state index in [4.69, 9.17) is 17.3 Å². The molecule has 4 N–H and O–H groups in total. The molecule has 2 heterocycles. The highest BCUT2D eigenvalue weighted by Gasteiger charge is 2.61. The average molecular weight is 502 g/mol. The lowest BCUT2D eigenvalue weighted by Gasteiger charge is -2.46. The standard InChI is InChI=1S/C20H19ClF3N5O3S/c21-13-2-1-11(33(31,32)28-19-4-3-18(8-19,9-19)10-30)5-12(13)14-6-26-17-16(25)27-15(7-29(14)17)20(22,23)24/h1-2,5-7,28,30H,3-4,8-10H2,(H2,25,27). The maximum atomic E-state index is 13.2. The Bertz CT molecular complexity index is 1380. The van der Waals surface area contributed by atoms with Gasteiger partial charge >= 0.3 is 6.18 Å². The minimum atomic E-state index is -4.74. The van der Waals surface area contributed by atoms with Crippen LogP contribution in [0.1, 0.15) is 31.4 Å². The monoisotopic (exact) mass is 501 g/mol. The normalized spacial score (nSPS) is 24.9. The summed E-state index contributed by atoms with van der Waals surface area (Å²) in [7, 11) is -3.96. The van der Waals surface area contributed by atoms with E-state index in [-0.39, 0.29) is 38.8 Å². The predicted molar refractivity (Wildman–Crippen MR) is 114 cm³/mol. The summed E-state index contributed by atoms with van der Waals surface area (Å²) in [5.41, 5.74) is 3.94. The zero-order valence-electron chi connectivity index (χ0n) is 17.0. The van der Waals surface area contributed by atoms with Crippen LogP contribution in [0.2, 0.25) is 5.02 Å². The molecule has 6 rings (SSSR count). The Morgan fingerprint density at radius 3 is 2.64 bits per heavy atom. The number of rotatable bonds is 5. The molecule has 0 radical (unpaired) electrons. The summed E-state index contributed by atoms with van der Waals surface area (Å²) in [6, 6.07) is 3.99. The van der Waals surface area contributed by atoms with Crippen molar-refractivity contribution in [3.8, 4) is 11.3 Å². The minimum absolute atomic E-state index is 0.0138. The van der Waals surface area contributed by atoms with Gasteiger partial charge in [0.15, 0.2) is 17.2 Å². The Hall–Kier alpha value is -2.41. The molecule has 3 saturated carbocycles. The molecule has 3 fully saturated rings. The Kier molecular flexibility index (Phi) is 4.78. The highest BCUT2D eigenvalue weighted by Crippen LogP contribution is 2.61. The van der Waals surface area contributed by atoms with Gasteiger partial charge in [0, 0.05) is 23.9 Å². The number of alkyl halides is 3. The molecule has 0 atom stereocenters. The molecule has 0 saturated heterocycles. The number of aliphatic hydroxyl groups excluding tert-OH is 1. The molecule has 8 nitrogen and oxygen atoms in total. The summed E-state index contributed by atoms with van der Waals surface area (Å²) in [6.07, 6.45) is -0.231. The van der Waals surface area contributed by atoms with Gasteiger partial charge in [0.05, 0.1) is 21.8 Å². The molecule has 0 aliphatic heterocycles. The zero-order chi connectivity index (χ0) is 23.8. The van der Waals surface area contributed by atoms with Gasteiger partial charge in [-0.2, -0.15) is 13.2 Å². The van der Waals surface area contributed by atoms with Crippen molar-refractivity contribution in [2.75, 3.05) is 12.3 Å². The topological polar surface area (TPSA) is 123 Å². The first-order chi connectivity index (χ1) is 15.4. The molecule has 2 aromatic heterocycles. The van der Waals surface area contributed by atoms with Crippen LogP contribution in [0.3, 0.4) is 0 Å². The number of anilines is 1. The Morgan fingerprint density at radius 1 is 1.27 bits per heavy atom. The molecule has 33 heavy (non-hydrogen) atoms. The number of benzene rings is 1.